The van der Waals surface area contributed by atoms with E-state index in [4.69, 9.17) is 4.74 Å². The molecule has 0 aliphatic carbocycles. The van der Waals surface area contributed by atoms with Crippen molar-refractivity contribution in [1.29, 1.82) is 0 Å². The molecule has 2 fully saturated rings. The Morgan fingerprint density at radius 1 is 1.18 bits per heavy atom. The average molecular weight is 407 g/mol. The number of fused-ring (bicyclic) bond motifs is 2. The lowest BCUT2D eigenvalue weighted by molar-refractivity contribution is 0.0507. The fourth-order valence-corrected chi connectivity index (χ4v) is 5.85. The maximum atomic E-state index is 12.9. The molecule has 3 rings (SSSR count). The Labute approximate surface area is 168 Å². The van der Waals surface area contributed by atoms with E-state index in [1.165, 1.54) is 5.41 Å². The molecule has 28 heavy (non-hydrogen) atoms. The van der Waals surface area contributed by atoms with Gasteiger partial charge in [0, 0.05) is 24.0 Å². The minimum Gasteiger partial charge on any atom is -0.444 e. The van der Waals surface area contributed by atoms with E-state index in [0.717, 1.165) is 31.2 Å². The minimum absolute atomic E-state index is 0.00890. The Morgan fingerprint density at radius 3 is 2.36 bits per heavy atom. The van der Waals surface area contributed by atoms with Crippen molar-refractivity contribution < 1.29 is 17.9 Å². The van der Waals surface area contributed by atoms with Gasteiger partial charge in [0.2, 0.25) is 10.0 Å². The van der Waals surface area contributed by atoms with Crippen molar-refractivity contribution in [1.82, 2.24) is 9.62 Å². The predicted octanol–water partition coefficient (Wildman–Crippen LogP) is 3.75. The second kappa shape index (κ2) is 8.25. The summed E-state index contributed by atoms with van der Waals surface area (Å²) in [5.74, 6) is 0.273. The van der Waals surface area contributed by atoms with E-state index in [-0.39, 0.29) is 18.0 Å². The molecule has 0 radical (unpaired) electrons. The van der Waals surface area contributed by atoms with Crippen molar-refractivity contribution in [3.63, 3.8) is 0 Å². The molecule has 0 aromatic heterocycles. The summed E-state index contributed by atoms with van der Waals surface area (Å²) >= 11 is 0. The lowest BCUT2D eigenvalue weighted by atomic mass is 9.92. The number of hydrogen-bond donors (Lipinski definition) is 1. The lowest BCUT2D eigenvalue weighted by Crippen LogP contribution is -2.48. The van der Waals surface area contributed by atoms with E-state index in [0.29, 0.717) is 6.54 Å². The number of benzene rings is 1. The predicted molar refractivity (Wildman–Crippen MR) is 110 cm³/mol. The molecular weight excluding hydrogens is 376 g/mol. The molecule has 154 valence electrons. The van der Waals surface area contributed by atoms with Gasteiger partial charge < -0.3 is 10.1 Å². The van der Waals surface area contributed by atoms with E-state index >= 15 is 0 Å². The molecule has 2 heterocycles. The van der Waals surface area contributed by atoms with Crippen LogP contribution in [-0.2, 0) is 14.8 Å². The normalized spacial score (nSPS) is 25.8. The van der Waals surface area contributed by atoms with Crippen LogP contribution in [0.15, 0.2) is 35.7 Å². The number of hydrogen-bond acceptors (Lipinski definition) is 4. The first kappa shape index (κ1) is 20.9. The first-order valence-electron chi connectivity index (χ1n) is 9.87. The van der Waals surface area contributed by atoms with Crippen molar-refractivity contribution in [2.45, 2.75) is 64.1 Å². The van der Waals surface area contributed by atoms with Crippen LogP contribution in [0.1, 0.15) is 52.0 Å². The van der Waals surface area contributed by atoms with Gasteiger partial charge in [-0.3, -0.25) is 0 Å². The van der Waals surface area contributed by atoms with Gasteiger partial charge in [-0.1, -0.05) is 30.3 Å². The molecule has 2 unspecified atom stereocenters. The Hall–Kier alpha value is -1.86. The van der Waals surface area contributed by atoms with E-state index < -0.39 is 21.7 Å². The van der Waals surface area contributed by atoms with Gasteiger partial charge in [-0.15, -0.1) is 0 Å². The minimum atomic E-state index is -3.46. The highest BCUT2D eigenvalue weighted by atomic mass is 32.2. The van der Waals surface area contributed by atoms with E-state index in [9.17, 15) is 13.2 Å². The quantitative estimate of drug-likeness (QED) is 0.808. The Kier molecular flexibility index (Phi) is 6.15. The van der Waals surface area contributed by atoms with Crippen LogP contribution >= 0.6 is 0 Å². The molecule has 2 saturated heterocycles. The number of amides is 1. The SMILES string of the molecule is CC(C)(C)OC(=O)NCC1CC2CCC(C1)N2S(=O)(=O)C=Cc1ccccc1. The molecular formula is C21H30N2O4S. The van der Waals surface area contributed by atoms with Gasteiger partial charge in [0.15, 0.2) is 0 Å². The maximum absolute atomic E-state index is 12.9. The van der Waals surface area contributed by atoms with Crippen molar-refractivity contribution in [2.75, 3.05) is 6.54 Å². The number of carbonyl (C=O) groups is 1. The largest absolute Gasteiger partial charge is 0.444 e. The van der Waals surface area contributed by atoms with Crippen LogP contribution in [0.3, 0.4) is 0 Å². The third kappa shape index (κ3) is 5.35. The fourth-order valence-electron chi connectivity index (χ4n) is 4.17. The number of alkyl carbamates (subject to hydrolysis) is 1. The first-order valence-corrected chi connectivity index (χ1v) is 11.4. The number of rotatable bonds is 5. The molecule has 2 aliphatic heterocycles. The summed E-state index contributed by atoms with van der Waals surface area (Å²) < 4.78 is 32.8. The molecule has 6 nitrogen and oxygen atoms in total. The third-order valence-corrected chi connectivity index (χ3v) is 6.89. The third-order valence-electron chi connectivity index (χ3n) is 5.22. The van der Waals surface area contributed by atoms with Crippen molar-refractivity contribution in [2.24, 2.45) is 5.92 Å². The molecule has 1 amide bonds. The topological polar surface area (TPSA) is 75.7 Å². The van der Waals surface area contributed by atoms with Crippen LogP contribution < -0.4 is 5.32 Å². The van der Waals surface area contributed by atoms with Crippen LogP contribution in [0.2, 0.25) is 0 Å². The van der Waals surface area contributed by atoms with Crippen molar-refractivity contribution in [3.8, 4) is 0 Å². The van der Waals surface area contributed by atoms with Gasteiger partial charge >= 0.3 is 6.09 Å². The molecule has 2 bridgehead atoms. The lowest BCUT2D eigenvalue weighted by Gasteiger charge is -2.37. The Morgan fingerprint density at radius 2 is 1.79 bits per heavy atom. The Balaban J connectivity index is 1.59. The monoisotopic (exact) mass is 406 g/mol. The average Bonchev–Trinajstić information content (AvgIpc) is 2.90. The summed E-state index contributed by atoms with van der Waals surface area (Å²) in [5, 5.41) is 4.16. The number of nitrogens with one attached hydrogen (secondary N) is 1. The van der Waals surface area contributed by atoms with Gasteiger partial charge in [0.05, 0.1) is 0 Å². The zero-order valence-electron chi connectivity index (χ0n) is 16.8. The standard InChI is InChI=1S/C21H30N2O4S/c1-21(2,3)27-20(24)22-15-17-13-18-9-10-19(14-17)23(18)28(25,26)12-11-16-7-5-4-6-8-16/h4-8,11-12,17-19H,9-10,13-15H2,1-3H3,(H,22,24). The van der Waals surface area contributed by atoms with E-state index in [1.54, 1.807) is 10.4 Å². The van der Waals surface area contributed by atoms with Gasteiger partial charge in [-0.2, -0.15) is 4.31 Å². The highest BCUT2D eigenvalue weighted by Crippen LogP contribution is 2.40. The zero-order chi connectivity index (χ0) is 20.4. The van der Waals surface area contributed by atoms with Crippen molar-refractivity contribution >= 4 is 22.2 Å². The summed E-state index contributed by atoms with van der Waals surface area (Å²) in [6, 6.07) is 9.47. The van der Waals surface area contributed by atoms with E-state index in [2.05, 4.69) is 5.32 Å². The van der Waals surface area contributed by atoms with E-state index in [1.807, 2.05) is 51.1 Å². The second-order valence-electron chi connectivity index (χ2n) is 8.69. The summed E-state index contributed by atoms with van der Waals surface area (Å²) in [7, 11) is -3.46. The summed E-state index contributed by atoms with van der Waals surface area (Å²) in [5.41, 5.74) is 0.348. The molecule has 2 atom stereocenters. The molecule has 1 aromatic rings. The molecule has 0 saturated carbocycles. The van der Waals surface area contributed by atoms with Crippen LogP contribution in [0.25, 0.3) is 6.08 Å². The smallest absolute Gasteiger partial charge is 0.407 e. The van der Waals surface area contributed by atoms with Gasteiger partial charge in [-0.25, -0.2) is 13.2 Å². The van der Waals surface area contributed by atoms with Crippen LogP contribution in [0.5, 0.6) is 0 Å². The molecule has 1 aromatic carbocycles. The van der Waals surface area contributed by atoms with Gasteiger partial charge in [-0.05, 0) is 64.0 Å². The van der Waals surface area contributed by atoms with Gasteiger partial charge in [0.1, 0.15) is 5.60 Å². The molecule has 1 N–H and O–H groups in total. The number of carbonyl (C=O) groups excluding carboxylic acids is 1. The van der Waals surface area contributed by atoms with Crippen LogP contribution in [0.4, 0.5) is 4.79 Å². The highest BCUT2D eigenvalue weighted by molar-refractivity contribution is 7.92. The highest BCUT2D eigenvalue weighted by Gasteiger charge is 2.45. The number of nitrogens with zero attached hydrogens (tertiary/aromatic N) is 1. The summed E-state index contributed by atoms with van der Waals surface area (Å²) in [6.45, 7) is 6.02. The maximum Gasteiger partial charge on any atom is 0.407 e. The zero-order valence-corrected chi connectivity index (χ0v) is 17.6. The number of sulfonamides is 1. The van der Waals surface area contributed by atoms with Crippen molar-refractivity contribution in [3.05, 3.63) is 41.3 Å². The van der Waals surface area contributed by atoms with Gasteiger partial charge in [0.25, 0.3) is 0 Å². The molecule has 2 aliphatic rings. The first-order chi connectivity index (χ1) is 13.1. The summed E-state index contributed by atoms with van der Waals surface area (Å²) in [4.78, 5) is 11.9. The molecule has 0 spiro atoms. The summed E-state index contributed by atoms with van der Waals surface area (Å²) in [6.07, 6.45) is 4.54. The Bertz CT molecular complexity index is 801. The van der Waals surface area contributed by atoms with Crippen LogP contribution in [-0.4, -0.2) is 43.0 Å². The number of ether oxygens (including phenoxy) is 1. The second-order valence-corrected chi connectivity index (χ2v) is 10.4. The molecule has 7 heteroatoms. The van der Waals surface area contributed by atoms with Crippen LogP contribution in [0, 0.1) is 5.92 Å². The fraction of sp³-hybridized carbons (Fsp3) is 0.571. The number of piperidine rings is 1.